The fraction of sp³-hybridized carbons (Fsp3) is 0.600. The molecule has 1 rings (SSSR count). The first-order valence-corrected chi connectivity index (χ1v) is 4.22. The highest BCUT2D eigenvalue weighted by molar-refractivity contribution is 5.24. The van der Waals surface area contributed by atoms with Crippen LogP contribution in [0.1, 0.15) is 6.42 Å². The third-order valence-electron chi connectivity index (χ3n) is 1.91. The molecule has 2 heteroatoms. The van der Waals surface area contributed by atoms with Crippen LogP contribution in [-0.2, 0) is 9.47 Å². The molecule has 2 nitrogen and oxygen atoms in total. The van der Waals surface area contributed by atoms with Gasteiger partial charge in [0.25, 0.3) is 0 Å². The van der Waals surface area contributed by atoms with Crippen LogP contribution in [0, 0.1) is 5.92 Å². The Labute approximate surface area is 73.9 Å². The van der Waals surface area contributed by atoms with Gasteiger partial charge in [-0.3, -0.25) is 0 Å². The lowest BCUT2D eigenvalue weighted by molar-refractivity contribution is 0.169. The van der Waals surface area contributed by atoms with Crippen LogP contribution in [0.15, 0.2) is 23.8 Å². The van der Waals surface area contributed by atoms with E-state index in [4.69, 9.17) is 9.47 Å². The predicted molar refractivity (Wildman–Crippen MR) is 49.1 cm³/mol. The van der Waals surface area contributed by atoms with Crippen LogP contribution in [-0.4, -0.2) is 27.4 Å². The number of hydrogen-bond acceptors (Lipinski definition) is 2. The van der Waals surface area contributed by atoms with Crippen molar-refractivity contribution in [3.8, 4) is 0 Å². The minimum Gasteiger partial charge on any atom is -0.384 e. The molecule has 0 aromatic rings. The molecular formula is C10H16O2. The zero-order valence-corrected chi connectivity index (χ0v) is 7.75. The molecule has 0 saturated carbocycles. The lowest BCUT2D eigenvalue weighted by atomic mass is 9.97. The molecule has 12 heavy (non-hydrogen) atoms. The normalized spacial score (nSPS) is 22.5. The quantitative estimate of drug-likeness (QED) is 0.637. The zero-order valence-electron chi connectivity index (χ0n) is 7.75. The maximum Gasteiger partial charge on any atom is 0.0710 e. The van der Waals surface area contributed by atoms with Crippen molar-refractivity contribution in [1.82, 2.24) is 0 Å². The van der Waals surface area contributed by atoms with Gasteiger partial charge in [0.15, 0.2) is 0 Å². The molecule has 0 aliphatic heterocycles. The van der Waals surface area contributed by atoms with Crippen LogP contribution >= 0.6 is 0 Å². The van der Waals surface area contributed by atoms with Crippen molar-refractivity contribution in [1.29, 1.82) is 0 Å². The van der Waals surface area contributed by atoms with Crippen LogP contribution in [0.5, 0.6) is 0 Å². The molecule has 0 aromatic heterocycles. The monoisotopic (exact) mass is 168 g/mol. The van der Waals surface area contributed by atoms with Gasteiger partial charge in [-0.1, -0.05) is 18.2 Å². The predicted octanol–water partition coefficient (Wildman–Crippen LogP) is 1.78. The molecule has 1 unspecified atom stereocenters. The summed E-state index contributed by atoms with van der Waals surface area (Å²) in [6, 6.07) is 0. The van der Waals surface area contributed by atoms with Gasteiger partial charge in [0, 0.05) is 20.1 Å². The summed E-state index contributed by atoms with van der Waals surface area (Å²) in [5.41, 5.74) is 1.26. The summed E-state index contributed by atoms with van der Waals surface area (Å²) in [6.07, 6.45) is 7.61. The van der Waals surface area contributed by atoms with Gasteiger partial charge in [0.2, 0.25) is 0 Å². The zero-order chi connectivity index (χ0) is 8.81. The molecule has 1 aliphatic carbocycles. The van der Waals surface area contributed by atoms with E-state index in [9.17, 15) is 0 Å². The standard InChI is InChI=1S/C10H16O2/c1-11-7-9-4-3-5-10(6-9)8-12-2/h3-4,6,10H,5,7-8H2,1-2H3. The Morgan fingerprint density at radius 2 is 2.25 bits per heavy atom. The Bertz CT molecular complexity index is 182. The SMILES string of the molecule is COCC1=CC(COC)CC=C1. The second kappa shape index (κ2) is 5.12. The summed E-state index contributed by atoms with van der Waals surface area (Å²) in [4.78, 5) is 0. The molecule has 68 valence electrons. The summed E-state index contributed by atoms with van der Waals surface area (Å²) in [6.45, 7) is 1.51. The molecule has 0 bridgehead atoms. The van der Waals surface area contributed by atoms with E-state index >= 15 is 0 Å². The number of allylic oxidation sites excluding steroid dienone is 1. The minimum absolute atomic E-state index is 0.533. The van der Waals surface area contributed by atoms with Crippen LogP contribution in [0.2, 0.25) is 0 Å². The smallest absolute Gasteiger partial charge is 0.0710 e. The van der Waals surface area contributed by atoms with E-state index in [0.29, 0.717) is 12.5 Å². The van der Waals surface area contributed by atoms with Gasteiger partial charge in [-0.15, -0.1) is 0 Å². The van der Waals surface area contributed by atoms with Gasteiger partial charge in [-0.05, 0) is 12.0 Å². The van der Waals surface area contributed by atoms with E-state index in [1.165, 1.54) is 5.57 Å². The van der Waals surface area contributed by atoms with Gasteiger partial charge in [0.05, 0.1) is 13.2 Å². The number of hydrogen-bond donors (Lipinski definition) is 0. The third kappa shape index (κ3) is 2.80. The summed E-state index contributed by atoms with van der Waals surface area (Å²) in [5, 5.41) is 0. The average molecular weight is 168 g/mol. The molecule has 0 spiro atoms. The third-order valence-corrected chi connectivity index (χ3v) is 1.91. The Hall–Kier alpha value is -0.600. The van der Waals surface area contributed by atoms with Crippen molar-refractivity contribution in [2.24, 2.45) is 5.92 Å². The summed E-state index contributed by atoms with van der Waals surface area (Å²) in [5.74, 6) is 0.533. The molecule has 1 aliphatic rings. The summed E-state index contributed by atoms with van der Waals surface area (Å²) >= 11 is 0. The number of methoxy groups -OCH3 is 2. The van der Waals surface area contributed by atoms with Crippen molar-refractivity contribution in [2.45, 2.75) is 6.42 Å². The summed E-state index contributed by atoms with van der Waals surface area (Å²) in [7, 11) is 3.46. The van der Waals surface area contributed by atoms with Crippen molar-refractivity contribution in [3.63, 3.8) is 0 Å². The van der Waals surface area contributed by atoms with E-state index in [0.717, 1.165) is 13.0 Å². The Morgan fingerprint density at radius 1 is 1.42 bits per heavy atom. The molecular weight excluding hydrogens is 152 g/mol. The van der Waals surface area contributed by atoms with E-state index in [2.05, 4.69) is 18.2 Å². The molecule has 0 N–H and O–H groups in total. The average Bonchev–Trinajstić information content (AvgIpc) is 2.06. The second-order valence-electron chi connectivity index (χ2n) is 3.03. The van der Waals surface area contributed by atoms with Crippen LogP contribution in [0.4, 0.5) is 0 Å². The van der Waals surface area contributed by atoms with Crippen molar-refractivity contribution < 1.29 is 9.47 Å². The maximum atomic E-state index is 5.09. The van der Waals surface area contributed by atoms with Crippen LogP contribution in [0.3, 0.4) is 0 Å². The van der Waals surface area contributed by atoms with Gasteiger partial charge < -0.3 is 9.47 Å². The van der Waals surface area contributed by atoms with Gasteiger partial charge in [0.1, 0.15) is 0 Å². The molecule has 0 saturated heterocycles. The fourth-order valence-corrected chi connectivity index (χ4v) is 1.41. The first-order chi connectivity index (χ1) is 5.86. The van der Waals surface area contributed by atoms with Crippen molar-refractivity contribution in [3.05, 3.63) is 23.8 Å². The fourth-order valence-electron chi connectivity index (χ4n) is 1.41. The maximum absolute atomic E-state index is 5.09. The Balaban J connectivity index is 2.44. The number of ether oxygens (including phenoxy) is 2. The van der Waals surface area contributed by atoms with Gasteiger partial charge >= 0.3 is 0 Å². The highest BCUT2D eigenvalue weighted by Crippen LogP contribution is 2.16. The summed E-state index contributed by atoms with van der Waals surface area (Å²) < 4.78 is 10.1. The van der Waals surface area contributed by atoms with E-state index in [1.807, 2.05) is 0 Å². The molecule has 0 aromatic carbocycles. The molecule has 0 amide bonds. The van der Waals surface area contributed by atoms with E-state index in [1.54, 1.807) is 14.2 Å². The van der Waals surface area contributed by atoms with E-state index in [-0.39, 0.29) is 0 Å². The molecule has 0 radical (unpaired) electrons. The van der Waals surface area contributed by atoms with E-state index < -0.39 is 0 Å². The van der Waals surface area contributed by atoms with Crippen molar-refractivity contribution in [2.75, 3.05) is 27.4 Å². The molecule has 0 fully saturated rings. The van der Waals surface area contributed by atoms with Crippen molar-refractivity contribution >= 4 is 0 Å². The minimum atomic E-state index is 0.533. The van der Waals surface area contributed by atoms with Crippen LogP contribution in [0.25, 0.3) is 0 Å². The molecule has 1 atom stereocenters. The van der Waals surface area contributed by atoms with Gasteiger partial charge in [-0.2, -0.15) is 0 Å². The second-order valence-corrected chi connectivity index (χ2v) is 3.03. The first kappa shape index (κ1) is 9.49. The topological polar surface area (TPSA) is 18.5 Å². The highest BCUT2D eigenvalue weighted by Gasteiger charge is 2.08. The lowest BCUT2D eigenvalue weighted by Gasteiger charge is -2.15. The van der Waals surface area contributed by atoms with Crippen LogP contribution < -0.4 is 0 Å². The number of rotatable bonds is 4. The Morgan fingerprint density at radius 3 is 2.92 bits per heavy atom. The highest BCUT2D eigenvalue weighted by atomic mass is 16.5. The lowest BCUT2D eigenvalue weighted by Crippen LogP contribution is -2.09. The first-order valence-electron chi connectivity index (χ1n) is 4.22. The Kier molecular flexibility index (Phi) is 4.05. The molecule has 0 heterocycles. The largest absolute Gasteiger partial charge is 0.384 e. The van der Waals surface area contributed by atoms with Gasteiger partial charge in [-0.25, -0.2) is 0 Å².